The topological polar surface area (TPSA) is 35.8 Å². The average Bonchev–Trinajstić information content (AvgIpc) is 2.81. The number of nitrogens with one attached hydrogen (secondary N) is 1. The van der Waals surface area contributed by atoms with Gasteiger partial charge in [-0.15, -0.1) is 11.3 Å². The molecule has 0 bridgehead atoms. The molecule has 1 heterocycles. The summed E-state index contributed by atoms with van der Waals surface area (Å²) in [7, 11) is 0. The molecule has 18 heavy (non-hydrogen) atoms. The van der Waals surface area contributed by atoms with Crippen LogP contribution in [0.2, 0.25) is 0 Å². The number of nitrogens with zero attached hydrogens (tertiary/aromatic N) is 1. The predicted molar refractivity (Wildman–Crippen MR) is 73.7 cm³/mol. The molecular formula is C13H10BrFN2S. The number of benzene rings is 1. The molecule has 0 spiro atoms. The molecule has 92 valence electrons. The zero-order valence-corrected chi connectivity index (χ0v) is 11.8. The van der Waals surface area contributed by atoms with Crippen molar-refractivity contribution in [3.8, 4) is 6.07 Å². The minimum atomic E-state index is -0.238. The van der Waals surface area contributed by atoms with E-state index in [2.05, 4.69) is 27.3 Å². The van der Waals surface area contributed by atoms with E-state index in [0.29, 0.717) is 18.7 Å². The van der Waals surface area contributed by atoms with E-state index in [1.807, 2.05) is 11.4 Å². The Bertz CT molecular complexity index is 589. The first kappa shape index (κ1) is 13.2. The summed E-state index contributed by atoms with van der Waals surface area (Å²) in [4.78, 5) is 1.10. The number of rotatable bonds is 4. The van der Waals surface area contributed by atoms with Crippen LogP contribution in [0.25, 0.3) is 0 Å². The molecular weight excluding hydrogens is 315 g/mol. The maximum atomic E-state index is 13.1. The van der Waals surface area contributed by atoms with Gasteiger partial charge in [0.2, 0.25) is 0 Å². The third-order valence-corrected chi connectivity index (χ3v) is 4.12. The summed E-state index contributed by atoms with van der Waals surface area (Å²) in [6, 6.07) is 8.59. The monoisotopic (exact) mass is 324 g/mol. The SMILES string of the molecule is N#Cc1csc(CNCc2cc(F)ccc2Br)c1. The molecule has 0 radical (unpaired) electrons. The van der Waals surface area contributed by atoms with Gasteiger partial charge in [-0.2, -0.15) is 5.26 Å². The predicted octanol–water partition coefficient (Wildman–Crippen LogP) is 3.81. The maximum absolute atomic E-state index is 13.1. The Hall–Kier alpha value is -1.22. The Morgan fingerprint density at radius 3 is 2.89 bits per heavy atom. The van der Waals surface area contributed by atoms with Gasteiger partial charge in [-0.25, -0.2) is 4.39 Å². The summed E-state index contributed by atoms with van der Waals surface area (Å²) in [5, 5.41) is 13.8. The van der Waals surface area contributed by atoms with Crippen molar-refractivity contribution in [1.82, 2.24) is 5.32 Å². The normalized spacial score (nSPS) is 10.3. The fourth-order valence-electron chi connectivity index (χ4n) is 1.53. The number of hydrogen-bond donors (Lipinski definition) is 1. The molecule has 0 aliphatic rings. The van der Waals surface area contributed by atoms with Gasteiger partial charge >= 0.3 is 0 Å². The summed E-state index contributed by atoms with van der Waals surface area (Å²) >= 11 is 4.93. The van der Waals surface area contributed by atoms with Crippen LogP contribution < -0.4 is 5.32 Å². The Kier molecular flexibility index (Phi) is 4.48. The van der Waals surface area contributed by atoms with Crippen LogP contribution >= 0.6 is 27.3 Å². The van der Waals surface area contributed by atoms with E-state index in [9.17, 15) is 4.39 Å². The van der Waals surface area contributed by atoms with Crippen molar-refractivity contribution >= 4 is 27.3 Å². The first-order valence-electron chi connectivity index (χ1n) is 5.31. The van der Waals surface area contributed by atoms with Crippen LogP contribution in [-0.2, 0) is 13.1 Å². The van der Waals surface area contributed by atoms with Crippen molar-refractivity contribution in [2.75, 3.05) is 0 Å². The van der Waals surface area contributed by atoms with Gasteiger partial charge in [-0.3, -0.25) is 0 Å². The van der Waals surface area contributed by atoms with E-state index in [0.717, 1.165) is 14.9 Å². The Balaban J connectivity index is 1.92. The Morgan fingerprint density at radius 2 is 2.17 bits per heavy atom. The summed E-state index contributed by atoms with van der Waals surface area (Å²) in [6.45, 7) is 1.26. The zero-order valence-electron chi connectivity index (χ0n) is 9.41. The summed E-state index contributed by atoms with van der Waals surface area (Å²) in [5.41, 5.74) is 1.57. The minimum Gasteiger partial charge on any atom is -0.308 e. The molecule has 0 amide bonds. The van der Waals surface area contributed by atoms with Crippen LogP contribution in [0.4, 0.5) is 4.39 Å². The molecule has 2 rings (SSSR count). The fraction of sp³-hybridized carbons (Fsp3) is 0.154. The van der Waals surface area contributed by atoms with Gasteiger partial charge in [0.15, 0.2) is 0 Å². The third-order valence-electron chi connectivity index (χ3n) is 2.41. The second-order valence-electron chi connectivity index (χ2n) is 3.75. The van der Waals surface area contributed by atoms with Crippen LogP contribution in [0.5, 0.6) is 0 Å². The number of halogens is 2. The lowest BCUT2D eigenvalue weighted by molar-refractivity contribution is 0.620. The molecule has 5 heteroatoms. The highest BCUT2D eigenvalue weighted by Crippen LogP contribution is 2.18. The molecule has 0 aliphatic carbocycles. The molecule has 2 nitrogen and oxygen atoms in total. The average molecular weight is 325 g/mol. The van der Waals surface area contributed by atoms with Gasteiger partial charge < -0.3 is 5.32 Å². The van der Waals surface area contributed by atoms with E-state index in [4.69, 9.17) is 5.26 Å². The Morgan fingerprint density at radius 1 is 1.33 bits per heavy atom. The van der Waals surface area contributed by atoms with Crippen molar-refractivity contribution < 1.29 is 4.39 Å². The van der Waals surface area contributed by atoms with E-state index in [1.165, 1.54) is 12.1 Å². The number of nitriles is 1. The second-order valence-corrected chi connectivity index (χ2v) is 5.60. The molecule has 1 N–H and O–H groups in total. The molecule has 2 aromatic rings. The van der Waals surface area contributed by atoms with Gasteiger partial charge in [0, 0.05) is 27.8 Å². The number of hydrogen-bond acceptors (Lipinski definition) is 3. The van der Waals surface area contributed by atoms with Gasteiger partial charge in [0.05, 0.1) is 5.56 Å². The first-order chi connectivity index (χ1) is 8.69. The lowest BCUT2D eigenvalue weighted by Crippen LogP contribution is -2.12. The fourth-order valence-corrected chi connectivity index (χ4v) is 2.70. The molecule has 1 aromatic carbocycles. The van der Waals surface area contributed by atoms with Crippen LogP contribution in [0.1, 0.15) is 16.0 Å². The zero-order chi connectivity index (χ0) is 13.0. The highest BCUT2D eigenvalue weighted by Gasteiger charge is 2.03. The number of thiophene rings is 1. The van der Waals surface area contributed by atoms with Crippen molar-refractivity contribution in [2.45, 2.75) is 13.1 Å². The molecule has 0 atom stereocenters. The van der Waals surface area contributed by atoms with Crippen LogP contribution in [0, 0.1) is 17.1 Å². The smallest absolute Gasteiger partial charge is 0.123 e. The maximum Gasteiger partial charge on any atom is 0.123 e. The van der Waals surface area contributed by atoms with Crippen molar-refractivity contribution in [3.63, 3.8) is 0 Å². The molecule has 0 unspecified atom stereocenters. The highest BCUT2D eigenvalue weighted by atomic mass is 79.9. The molecule has 0 fully saturated rings. The van der Waals surface area contributed by atoms with Crippen LogP contribution in [-0.4, -0.2) is 0 Å². The lowest BCUT2D eigenvalue weighted by Gasteiger charge is -2.06. The molecule has 0 saturated carbocycles. The summed E-state index contributed by atoms with van der Waals surface area (Å²) in [6.07, 6.45) is 0. The quantitative estimate of drug-likeness (QED) is 0.928. The summed E-state index contributed by atoms with van der Waals surface area (Å²) < 4.78 is 14.0. The minimum absolute atomic E-state index is 0.238. The second kappa shape index (κ2) is 6.10. The van der Waals surface area contributed by atoms with Crippen molar-refractivity contribution in [2.24, 2.45) is 0 Å². The van der Waals surface area contributed by atoms with Gasteiger partial charge in [0.1, 0.15) is 11.9 Å². The molecule has 1 aromatic heterocycles. The van der Waals surface area contributed by atoms with Gasteiger partial charge in [-0.1, -0.05) is 15.9 Å². The lowest BCUT2D eigenvalue weighted by atomic mass is 10.2. The van der Waals surface area contributed by atoms with E-state index < -0.39 is 0 Å². The third kappa shape index (κ3) is 3.39. The van der Waals surface area contributed by atoms with Crippen LogP contribution in [0.15, 0.2) is 34.1 Å². The van der Waals surface area contributed by atoms with E-state index in [-0.39, 0.29) is 5.82 Å². The molecule has 0 saturated heterocycles. The van der Waals surface area contributed by atoms with Gasteiger partial charge in [0.25, 0.3) is 0 Å². The van der Waals surface area contributed by atoms with Crippen molar-refractivity contribution in [1.29, 1.82) is 5.26 Å². The van der Waals surface area contributed by atoms with E-state index in [1.54, 1.807) is 17.4 Å². The van der Waals surface area contributed by atoms with E-state index >= 15 is 0 Å². The largest absolute Gasteiger partial charge is 0.308 e. The standard InChI is InChI=1S/C13H10BrFN2S/c14-13-2-1-11(15)4-10(13)6-17-7-12-3-9(5-16)8-18-12/h1-4,8,17H,6-7H2. The highest BCUT2D eigenvalue weighted by molar-refractivity contribution is 9.10. The molecule has 0 aliphatic heterocycles. The van der Waals surface area contributed by atoms with Crippen LogP contribution in [0.3, 0.4) is 0 Å². The van der Waals surface area contributed by atoms with Crippen molar-refractivity contribution in [3.05, 3.63) is 55.9 Å². The van der Waals surface area contributed by atoms with Gasteiger partial charge in [-0.05, 0) is 29.8 Å². The summed E-state index contributed by atoms with van der Waals surface area (Å²) in [5.74, 6) is -0.238. The first-order valence-corrected chi connectivity index (χ1v) is 6.98. The Labute approximate surface area is 117 Å².